The molecule has 5 nitrogen and oxygen atoms in total. The van der Waals surface area contributed by atoms with Gasteiger partial charge in [0.25, 0.3) is 0 Å². The third-order valence-electron chi connectivity index (χ3n) is 4.97. The van der Waals surface area contributed by atoms with Crippen LogP contribution in [0, 0.1) is 0 Å². The van der Waals surface area contributed by atoms with Gasteiger partial charge in [0.05, 0.1) is 11.5 Å². The molecule has 3 rings (SSSR count). The highest BCUT2D eigenvalue weighted by Crippen LogP contribution is 2.20. The smallest absolute Gasteiger partial charge is 0.240 e. The van der Waals surface area contributed by atoms with Crippen molar-refractivity contribution in [1.29, 1.82) is 0 Å². The van der Waals surface area contributed by atoms with Crippen molar-refractivity contribution in [2.24, 2.45) is 0 Å². The van der Waals surface area contributed by atoms with E-state index in [1.54, 1.807) is 24.3 Å². The summed E-state index contributed by atoms with van der Waals surface area (Å²) in [5.41, 5.74) is 2.39. The zero-order valence-corrected chi connectivity index (χ0v) is 17.4. The van der Waals surface area contributed by atoms with E-state index in [2.05, 4.69) is 33.9 Å². The van der Waals surface area contributed by atoms with Crippen LogP contribution in [0.3, 0.4) is 0 Å². The molecule has 1 N–H and O–H groups in total. The first-order chi connectivity index (χ1) is 13.6. The third kappa shape index (κ3) is 5.72. The highest BCUT2D eigenvalue weighted by atomic mass is 32.2. The number of nitrogens with zero attached hydrogens (tertiary/aromatic N) is 1. The molecule has 28 heavy (non-hydrogen) atoms. The van der Waals surface area contributed by atoms with E-state index in [-0.39, 0.29) is 4.90 Å². The van der Waals surface area contributed by atoms with Gasteiger partial charge in [0.2, 0.25) is 10.0 Å². The molecule has 0 unspecified atom stereocenters. The van der Waals surface area contributed by atoms with Gasteiger partial charge in [-0.15, -0.1) is 0 Å². The maximum absolute atomic E-state index is 12.4. The van der Waals surface area contributed by atoms with Crippen molar-refractivity contribution in [1.82, 2.24) is 4.72 Å². The molecule has 0 atom stereocenters. The fraction of sp³-hybridized carbons (Fsp3) is 0.455. The number of ether oxygens (including phenoxy) is 1. The van der Waals surface area contributed by atoms with Crippen LogP contribution < -0.4 is 14.4 Å². The van der Waals surface area contributed by atoms with E-state index < -0.39 is 10.0 Å². The lowest BCUT2D eigenvalue weighted by atomic mass is 10.1. The lowest BCUT2D eigenvalue weighted by Gasteiger charge is -2.28. The predicted octanol–water partition coefficient (Wildman–Crippen LogP) is 3.99. The van der Waals surface area contributed by atoms with Crippen LogP contribution in [0.5, 0.6) is 5.75 Å². The first-order valence-corrected chi connectivity index (χ1v) is 11.6. The Bertz CT molecular complexity index is 827. The van der Waals surface area contributed by atoms with E-state index in [1.165, 1.54) is 24.9 Å². The summed E-state index contributed by atoms with van der Waals surface area (Å²) in [6.45, 7) is 5.28. The third-order valence-corrected chi connectivity index (χ3v) is 6.45. The molecule has 1 aliphatic rings. The number of rotatable bonds is 9. The fourth-order valence-electron chi connectivity index (χ4n) is 3.37. The lowest BCUT2D eigenvalue weighted by molar-refractivity contribution is 0.317. The van der Waals surface area contributed by atoms with Crippen LogP contribution in [-0.2, 0) is 16.4 Å². The number of hydrogen-bond donors (Lipinski definition) is 1. The van der Waals surface area contributed by atoms with Gasteiger partial charge in [-0.25, -0.2) is 13.1 Å². The van der Waals surface area contributed by atoms with Crippen LogP contribution in [0.25, 0.3) is 0 Å². The van der Waals surface area contributed by atoms with Gasteiger partial charge in [-0.05, 0) is 74.1 Å². The van der Waals surface area contributed by atoms with Crippen LogP contribution in [0.4, 0.5) is 5.69 Å². The normalized spacial score (nSPS) is 14.8. The molecule has 1 fully saturated rings. The second-order valence-electron chi connectivity index (χ2n) is 7.18. The average molecular weight is 403 g/mol. The topological polar surface area (TPSA) is 58.6 Å². The molecule has 152 valence electrons. The minimum Gasteiger partial charge on any atom is -0.494 e. The van der Waals surface area contributed by atoms with Crippen molar-refractivity contribution >= 4 is 15.7 Å². The van der Waals surface area contributed by atoms with Crippen molar-refractivity contribution in [3.63, 3.8) is 0 Å². The second-order valence-corrected chi connectivity index (χ2v) is 8.95. The Kier molecular flexibility index (Phi) is 7.34. The molecular weight excluding hydrogens is 372 g/mol. The minimum atomic E-state index is -3.51. The molecule has 0 amide bonds. The summed E-state index contributed by atoms with van der Waals surface area (Å²) < 4.78 is 33.1. The molecule has 0 radical (unpaired) electrons. The Morgan fingerprint density at radius 3 is 2.29 bits per heavy atom. The molecule has 0 bridgehead atoms. The molecule has 1 aliphatic heterocycles. The summed E-state index contributed by atoms with van der Waals surface area (Å²) in [5.74, 6) is 0.689. The number of anilines is 1. The number of sulfonamides is 1. The highest BCUT2D eigenvalue weighted by molar-refractivity contribution is 7.89. The van der Waals surface area contributed by atoms with Crippen LogP contribution in [0.1, 0.15) is 38.2 Å². The number of piperidine rings is 1. The summed E-state index contributed by atoms with van der Waals surface area (Å²) in [4.78, 5) is 2.68. The van der Waals surface area contributed by atoms with Crippen molar-refractivity contribution < 1.29 is 13.2 Å². The van der Waals surface area contributed by atoms with Gasteiger partial charge in [-0.3, -0.25) is 0 Å². The van der Waals surface area contributed by atoms with Crippen molar-refractivity contribution in [3.8, 4) is 5.75 Å². The standard InChI is InChI=1S/C22H30N2O3S/c1-2-18-27-21-10-12-22(13-11-21)28(25,26)23-15-14-19-6-8-20(9-7-19)24-16-4-3-5-17-24/h6-13,23H,2-5,14-18H2,1H3. The Morgan fingerprint density at radius 2 is 1.64 bits per heavy atom. The monoisotopic (exact) mass is 402 g/mol. The van der Waals surface area contributed by atoms with E-state index in [9.17, 15) is 8.42 Å². The molecular formula is C22H30N2O3S. The molecule has 1 saturated heterocycles. The Balaban J connectivity index is 1.50. The van der Waals surface area contributed by atoms with E-state index in [0.717, 1.165) is 25.1 Å². The average Bonchev–Trinajstić information content (AvgIpc) is 2.73. The summed E-state index contributed by atoms with van der Waals surface area (Å²) in [7, 11) is -3.51. The second kappa shape index (κ2) is 9.94. The summed E-state index contributed by atoms with van der Waals surface area (Å²) in [6, 6.07) is 15.0. The van der Waals surface area contributed by atoms with Gasteiger partial charge in [-0.2, -0.15) is 0 Å². The first kappa shape index (κ1) is 20.7. The van der Waals surface area contributed by atoms with Crippen LogP contribution in [0.15, 0.2) is 53.4 Å². The van der Waals surface area contributed by atoms with Crippen molar-refractivity contribution in [2.45, 2.75) is 43.9 Å². The summed E-state index contributed by atoms with van der Waals surface area (Å²) in [5, 5.41) is 0. The lowest BCUT2D eigenvalue weighted by Crippen LogP contribution is -2.29. The van der Waals surface area contributed by atoms with Crippen LogP contribution in [0.2, 0.25) is 0 Å². The largest absolute Gasteiger partial charge is 0.494 e. The predicted molar refractivity (Wildman–Crippen MR) is 114 cm³/mol. The molecule has 0 spiro atoms. The quantitative estimate of drug-likeness (QED) is 0.689. The molecule has 0 aliphatic carbocycles. The first-order valence-electron chi connectivity index (χ1n) is 10.1. The number of benzene rings is 2. The van der Waals surface area contributed by atoms with E-state index in [4.69, 9.17) is 4.74 Å². The van der Waals surface area contributed by atoms with E-state index in [1.807, 2.05) is 6.92 Å². The summed E-state index contributed by atoms with van der Waals surface area (Å²) >= 11 is 0. The van der Waals surface area contributed by atoms with E-state index in [0.29, 0.717) is 25.3 Å². The van der Waals surface area contributed by atoms with E-state index >= 15 is 0 Å². The van der Waals surface area contributed by atoms with Gasteiger partial charge in [0, 0.05) is 25.3 Å². The Morgan fingerprint density at radius 1 is 0.964 bits per heavy atom. The maximum atomic E-state index is 12.4. The molecule has 1 heterocycles. The van der Waals surface area contributed by atoms with Crippen LogP contribution >= 0.6 is 0 Å². The highest BCUT2D eigenvalue weighted by Gasteiger charge is 2.14. The summed E-state index contributed by atoms with van der Waals surface area (Å²) in [6.07, 6.45) is 5.42. The van der Waals surface area contributed by atoms with Gasteiger partial charge in [0.15, 0.2) is 0 Å². The SMILES string of the molecule is CCCOc1ccc(S(=O)(=O)NCCc2ccc(N3CCCCC3)cc2)cc1. The fourth-order valence-corrected chi connectivity index (χ4v) is 4.41. The number of hydrogen-bond acceptors (Lipinski definition) is 4. The molecule has 6 heteroatoms. The Labute approximate surface area is 168 Å². The zero-order chi connectivity index (χ0) is 19.8. The maximum Gasteiger partial charge on any atom is 0.240 e. The zero-order valence-electron chi connectivity index (χ0n) is 16.6. The van der Waals surface area contributed by atoms with Crippen molar-refractivity contribution in [2.75, 3.05) is 31.1 Å². The Hall–Kier alpha value is -2.05. The molecule has 2 aromatic rings. The molecule has 2 aromatic carbocycles. The van der Waals surface area contributed by atoms with Crippen LogP contribution in [-0.4, -0.2) is 34.7 Å². The van der Waals surface area contributed by atoms with Gasteiger partial charge in [-0.1, -0.05) is 19.1 Å². The number of nitrogens with one attached hydrogen (secondary N) is 1. The van der Waals surface area contributed by atoms with Gasteiger partial charge >= 0.3 is 0 Å². The minimum absolute atomic E-state index is 0.261. The molecule has 0 saturated carbocycles. The van der Waals surface area contributed by atoms with Gasteiger partial charge in [0.1, 0.15) is 5.75 Å². The van der Waals surface area contributed by atoms with Gasteiger partial charge < -0.3 is 9.64 Å². The molecule has 0 aromatic heterocycles. The van der Waals surface area contributed by atoms with Crippen molar-refractivity contribution in [3.05, 3.63) is 54.1 Å².